The predicted octanol–water partition coefficient (Wildman–Crippen LogP) is 4.48. The zero-order valence-electron chi connectivity index (χ0n) is 18.6. The molecule has 0 radical (unpaired) electrons. The highest BCUT2D eigenvalue weighted by Gasteiger charge is 2.43. The Kier molecular flexibility index (Phi) is 8.50. The van der Waals surface area contributed by atoms with Gasteiger partial charge < -0.3 is 15.3 Å². The average molecular weight is 429 g/mol. The third-order valence-electron chi connectivity index (χ3n) is 6.56. The molecule has 1 aromatic carbocycles. The van der Waals surface area contributed by atoms with Gasteiger partial charge in [0, 0.05) is 31.1 Å². The predicted molar refractivity (Wildman–Crippen MR) is 121 cm³/mol. The van der Waals surface area contributed by atoms with Crippen LogP contribution in [0.3, 0.4) is 0 Å². The Morgan fingerprint density at radius 3 is 2.29 bits per heavy atom. The highest BCUT2D eigenvalue weighted by Crippen LogP contribution is 2.47. The monoisotopic (exact) mass is 428 g/mol. The van der Waals surface area contributed by atoms with Crippen LogP contribution in [0.15, 0.2) is 24.3 Å². The smallest absolute Gasteiger partial charge is 0.308 e. The van der Waals surface area contributed by atoms with E-state index in [1.165, 1.54) is 44.9 Å². The van der Waals surface area contributed by atoms with Gasteiger partial charge in [-0.1, -0.05) is 64.0 Å². The van der Waals surface area contributed by atoms with Crippen LogP contribution in [-0.4, -0.2) is 36.0 Å². The lowest BCUT2D eigenvalue weighted by Crippen LogP contribution is -2.26. The average Bonchev–Trinajstić information content (AvgIpc) is 3.47. The summed E-state index contributed by atoms with van der Waals surface area (Å²) in [4.78, 5) is 37.2. The number of carboxylic acids is 1. The maximum Gasteiger partial charge on any atom is 0.308 e. The molecule has 2 amide bonds. The quantitative estimate of drug-likeness (QED) is 0.453. The SMILES string of the molecule is CCCCCCCCCCNC(=O)C1CC1c1ccc(N2CC(C(=O)O)CC2=O)cc1. The maximum atomic E-state index is 12.4. The fourth-order valence-corrected chi connectivity index (χ4v) is 4.48. The molecule has 3 atom stereocenters. The van der Waals surface area contributed by atoms with Crippen LogP contribution in [-0.2, 0) is 14.4 Å². The molecule has 0 bridgehead atoms. The van der Waals surface area contributed by atoms with Crippen LogP contribution in [0.25, 0.3) is 0 Å². The van der Waals surface area contributed by atoms with Crippen molar-refractivity contribution in [3.8, 4) is 0 Å². The second kappa shape index (κ2) is 11.3. The third-order valence-corrected chi connectivity index (χ3v) is 6.56. The number of hydrogen-bond donors (Lipinski definition) is 2. The van der Waals surface area contributed by atoms with Crippen LogP contribution >= 0.6 is 0 Å². The van der Waals surface area contributed by atoms with E-state index in [0.29, 0.717) is 0 Å². The second-order valence-electron chi connectivity index (χ2n) is 9.05. The summed E-state index contributed by atoms with van der Waals surface area (Å²) < 4.78 is 0. The number of rotatable bonds is 13. The molecule has 2 aliphatic rings. The van der Waals surface area contributed by atoms with Gasteiger partial charge in [0.2, 0.25) is 11.8 Å². The molecule has 6 nitrogen and oxygen atoms in total. The van der Waals surface area contributed by atoms with E-state index in [-0.39, 0.29) is 36.6 Å². The lowest BCUT2D eigenvalue weighted by Gasteiger charge is -2.16. The maximum absolute atomic E-state index is 12.4. The van der Waals surface area contributed by atoms with E-state index < -0.39 is 11.9 Å². The van der Waals surface area contributed by atoms with Crippen molar-refractivity contribution >= 4 is 23.5 Å². The third kappa shape index (κ3) is 6.55. The van der Waals surface area contributed by atoms with Crippen LogP contribution < -0.4 is 10.2 Å². The molecular formula is C25H36N2O4. The highest BCUT2D eigenvalue weighted by atomic mass is 16.4. The molecule has 2 fully saturated rings. The number of hydrogen-bond acceptors (Lipinski definition) is 3. The van der Waals surface area contributed by atoms with E-state index in [1.54, 1.807) is 4.90 Å². The topological polar surface area (TPSA) is 86.7 Å². The molecule has 1 saturated carbocycles. The number of unbranched alkanes of at least 4 members (excludes halogenated alkanes) is 7. The van der Waals surface area contributed by atoms with Crippen LogP contribution in [0.4, 0.5) is 5.69 Å². The summed E-state index contributed by atoms with van der Waals surface area (Å²) in [5.74, 6) is -1.27. The summed E-state index contributed by atoms with van der Waals surface area (Å²) >= 11 is 0. The largest absolute Gasteiger partial charge is 0.481 e. The van der Waals surface area contributed by atoms with Crippen molar-refractivity contribution in [1.82, 2.24) is 5.32 Å². The Hall–Kier alpha value is -2.37. The van der Waals surface area contributed by atoms with E-state index >= 15 is 0 Å². The minimum Gasteiger partial charge on any atom is -0.481 e. The Bertz CT molecular complexity index is 761. The number of amides is 2. The molecule has 2 N–H and O–H groups in total. The molecule has 6 heteroatoms. The molecule has 31 heavy (non-hydrogen) atoms. The fraction of sp³-hybridized carbons (Fsp3) is 0.640. The van der Waals surface area contributed by atoms with Gasteiger partial charge in [-0.3, -0.25) is 14.4 Å². The van der Waals surface area contributed by atoms with Gasteiger partial charge in [0.05, 0.1) is 5.92 Å². The Balaban J connectivity index is 1.35. The number of carbonyl (C=O) groups excluding carboxylic acids is 2. The molecule has 0 spiro atoms. The number of benzene rings is 1. The molecule has 1 aliphatic carbocycles. The first kappa shape index (κ1) is 23.3. The van der Waals surface area contributed by atoms with Gasteiger partial charge in [-0.25, -0.2) is 0 Å². The van der Waals surface area contributed by atoms with Gasteiger partial charge in [0.25, 0.3) is 0 Å². The lowest BCUT2D eigenvalue weighted by molar-refractivity contribution is -0.141. The minimum absolute atomic E-state index is 0.0460. The van der Waals surface area contributed by atoms with Crippen molar-refractivity contribution < 1.29 is 19.5 Å². The first-order chi connectivity index (χ1) is 15.0. The molecule has 1 aromatic rings. The normalized spacial score (nSPS) is 22.5. The molecule has 170 valence electrons. The second-order valence-corrected chi connectivity index (χ2v) is 9.05. The van der Waals surface area contributed by atoms with Crippen molar-refractivity contribution in [2.24, 2.45) is 11.8 Å². The Morgan fingerprint density at radius 1 is 1.03 bits per heavy atom. The fourth-order valence-electron chi connectivity index (χ4n) is 4.48. The molecule has 1 aliphatic heterocycles. The van der Waals surface area contributed by atoms with Crippen LogP contribution in [0.2, 0.25) is 0 Å². The number of carboxylic acid groups (broad SMARTS) is 1. The first-order valence-corrected chi connectivity index (χ1v) is 11.9. The van der Waals surface area contributed by atoms with Gasteiger partial charge in [0.15, 0.2) is 0 Å². The van der Waals surface area contributed by atoms with Crippen LogP contribution in [0.5, 0.6) is 0 Å². The Labute approximate surface area is 185 Å². The number of nitrogens with zero attached hydrogens (tertiary/aromatic N) is 1. The molecule has 3 unspecified atom stereocenters. The number of nitrogens with one attached hydrogen (secondary N) is 1. The first-order valence-electron chi connectivity index (χ1n) is 11.9. The minimum atomic E-state index is -0.925. The lowest BCUT2D eigenvalue weighted by atomic mass is 10.1. The van der Waals surface area contributed by atoms with E-state index in [2.05, 4.69) is 12.2 Å². The van der Waals surface area contributed by atoms with Gasteiger partial charge in [-0.15, -0.1) is 0 Å². The molecule has 0 aromatic heterocycles. The van der Waals surface area contributed by atoms with Crippen LogP contribution in [0.1, 0.15) is 82.6 Å². The summed E-state index contributed by atoms with van der Waals surface area (Å²) in [6, 6.07) is 7.66. The number of aliphatic carboxylic acids is 1. The Morgan fingerprint density at radius 2 is 1.68 bits per heavy atom. The molecule has 1 heterocycles. The van der Waals surface area contributed by atoms with E-state index in [0.717, 1.165) is 30.6 Å². The summed E-state index contributed by atoms with van der Waals surface area (Å²) in [6.45, 7) is 3.22. The summed E-state index contributed by atoms with van der Waals surface area (Å²) in [6.07, 6.45) is 11.0. The van der Waals surface area contributed by atoms with E-state index in [1.807, 2.05) is 24.3 Å². The van der Waals surface area contributed by atoms with Crippen molar-refractivity contribution in [3.63, 3.8) is 0 Å². The molecule has 1 saturated heterocycles. The zero-order chi connectivity index (χ0) is 22.2. The van der Waals surface area contributed by atoms with Gasteiger partial charge in [0.1, 0.15) is 0 Å². The van der Waals surface area contributed by atoms with Gasteiger partial charge in [-0.05, 0) is 36.5 Å². The molecular weight excluding hydrogens is 392 g/mol. The van der Waals surface area contributed by atoms with Crippen molar-refractivity contribution in [2.75, 3.05) is 18.0 Å². The summed E-state index contributed by atoms with van der Waals surface area (Å²) in [5, 5.41) is 12.2. The van der Waals surface area contributed by atoms with Crippen molar-refractivity contribution in [2.45, 2.75) is 77.0 Å². The standard InChI is InChI=1S/C25H36N2O4/c1-2-3-4-5-6-7-8-9-14-26-24(29)22-16-21(22)18-10-12-20(13-11-18)27-17-19(25(30)31)15-23(27)28/h10-13,19,21-22H,2-9,14-17H2,1H3,(H,26,29)(H,30,31). The highest BCUT2D eigenvalue weighted by molar-refractivity contribution is 5.99. The van der Waals surface area contributed by atoms with Crippen molar-refractivity contribution in [1.29, 1.82) is 0 Å². The zero-order valence-corrected chi connectivity index (χ0v) is 18.6. The van der Waals surface area contributed by atoms with Gasteiger partial charge >= 0.3 is 5.97 Å². The van der Waals surface area contributed by atoms with Crippen molar-refractivity contribution in [3.05, 3.63) is 29.8 Å². The van der Waals surface area contributed by atoms with Gasteiger partial charge in [-0.2, -0.15) is 0 Å². The summed E-state index contributed by atoms with van der Waals surface area (Å²) in [7, 11) is 0. The van der Waals surface area contributed by atoms with E-state index in [4.69, 9.17) is 5.11 Å². The number of anilines is 1. The van der Waals surface area contributed by atoms with Crippen LogP contribution in [0, 0.1) is 11.8 Å². The van der Waals surface area contributed by atoms with E-state index in [9.17, 15) is 14.4 Å². The molecule has 3 rings (SSSR count). The summed E-state index contributed by atoms with van der Waals surface area (Å²) in [5.41, 5.74) is 1.84. The number of carbonyl (C=O) groups is 3.